The zero-order valence-electron chi connectivity index (χ0n) is 12.1. The minimum Gasteiger partial charge on any atom is -0.353 e. The van der Waals surface area contributed by atoms with Crippen LogP contribution in [0.1, 0.15) is 12.6 Å². The summed E-state index contributed by atoms with van der Waals surface area (Å²) in [5.41, 5.74) is 0.467. The average molecular weight is 310 g/mol. The quantitative estimate of drug-likeness (QED) is 0.741. The summed E-state index contributed by atoms with van der Waals surface area (Å²) >= 11 is 0. The van der Waals surface area contributed by atoms with Gasteiger partial charge in [0.2, 0.25) is 20.9 Å². The van der Waals surface area contributed by atoms with Gasteiger partial charge in [0, 0.05) is 45.4 Å². The predicted molar refractivity (Wildman–Crippen MR) is 79.7 cm³/mol. The molecule has 2 heterocycles. The van der Waals surface area contributed by atoms with E-state index in [9.17, 15) is 13.2 Å². The molecule has 0 spiro atoms. The molecule has 1 aromatic rings. The van der Waals surface area contributed by atoms with Crippen molar-refractivity contribution in [1.29, 1.82) is 0 Å². The Bertz CT molecular complexity index is 664. The largest absolute Gasteiger partial charge is 0.353 e. The molecule has 0 aliphatic carbocycles. The number of nitrogens with zero attached hydrogens (tertiary/aromatic N) is 4. The lowest BCUT2D eigenvalue weighted by Gasteiger charge is -2.35. The maximum absolute atomic E-state index is 11.6. The number of carbonyl (C=O) groups excluding carboxylic acids is 1. The van der Waals surface area contributed by atoms with E-state index >= 15 is 0 Å². The van der Waals surface area contributed by atoms with Gasteiger partial charge in [0.05, 0.1) is 5.69 Å². The molecule has 21 heavy (non-hydrogen) atoms. The van der Waals surface area contributed by atoms with Gasteiger partial charge in [-0.05, 0) is 6.08 Å². The monoisotopic (exact) mass is 310 g/mol. The molecule has 1 aliphatic heterocycles. The standard InChI is InChI=1S/C13H18N4O3S/c1-4-11-9-12(15-13(14-11)21(3,19)20)17-7-5-16(6-8-17)10(2)18/h4,9H,1,5-8H2,2-3H3. The van der Waals surface area contributed by atoms with Crippen LogP contribution in [0.15, 0.2) is 17.8 Å². The highest BCUT2D eigenvalue weighted by Gasteiger charge is 2.22. The molecular weight excluding hydrogens is 292 g/mol. The summed E-state index contributed by atoms with van der Waals surface area (Å²) in [6, 6.07) is 1.70. The molecule has 1 saturated heterocycles. The first-order valence-corrected chi connectivity index (χ1v) is 8.42. The first-order valence-electron chi connectivity index (χ1n) is 6.53. The molecule has 7 nitrogen and oxygen atoms in total. The fourth-order valence-corrected chi connectivity index (χ4v) is 2.64. The third-order valence-corrected chi connectivity index (χ3v) is 4.15. The van der Waals surface area contributed by atoms with Crippen molar-refractivity contribution in [1.82, 2.24) is 14.9 Å². The van der Waals surface area contributed by atoms with Gasteiger partial charge in [-0.3, -0.25) is 4.79 Å². The molecule has 0 atom stereocenters. The van der Waals surface area contributed by atoms with Crippen molar-refractivity contribution in [2.24, 2.45) is 0 Å². The van der Waals surface area contributed by atoms with Gasteiger partial charge in [-0.25, -0.2) is 18.4 Å². The third kappa shape index (κ3) is 3.57. The highest BCUT2D eigenvalue weighted by molar-refractivity contribution is 7.90. The third-order valence-electron chi connectivity index (χ3n) is 3.30. The molecule has 0 saturated carbocycles. The van der Waals surface area contributed by atoms with Crippen molar-refractivity contribution in [3.05, 3.63) is 18.3 Å². The molecule has 1 fully saturated rings. The summed E-state index contributed by atoms with van der Waals surface area (Å²) in [6.45, 7) is 7.56. The van der Waals surface area contributed by atoms with E-state index in [1.807, 2.05) is 4.90 Å². The predicted octanol–water partition coefficient (Wildman–Crippen LogP) is 0.192. The molecule has 8 heteroatoms. The van der Waals surface area contributed by atoms with Crippen molar-refractivity contribution in [3.8, 4) is 0 Å². The molecule has 1 aromatic heterocycles. The molecule has 0 radical (unpaired) electrons. The van der Waals surface area contributed by atoms with Gasteiger partial charge in [0.25, 0.3) is 0 Å². The summed E-state index contributed by atoms with van der Waals surface area (Å²) in [4.78, 5) is 23.1. The average Bonchev–Trinajstić information content (AvgIpc) is 2.46. The molecule has 0 aromatic carbocycles. The summed E-state index contributed by atoms with van der Waals surface area (Å²) < 4.78 is 23.3. The minimum absolute atomic E-state index is 0.0425. The molecule has 0 bridgehead atoms. The Kier molecular flexibility index (Phi) is 4.26. The van der Waals surface area contributed by atoms with Crippen LogP contribution in [-0.4, -0.2) is 61.6 Å². The Morgan fingerprint density at radius 1 is 1.29 bits per heavy atom. The normalized spacial score (nSPS) is 15.9. The number of rotatable bonds is 3. The summed E-state index contributed by atoms with van der Waals surface area (Å²) in [5, 5.41) is -0.205. The second kappa shape index (κ2) is 5.80. The molecule has 1 amide bonds. The lowest BCUT2D eigenvalue weighted by atomic mass is 10.3. The fraction of sp³-hybridized carbons (Fsp3) is 0.462. The molecule has 1 aliphatic rings. The van der Waals surface area contributed by atoms with Crippen LogP contribution in [0.3, 0.4) is 0 Å². The number of aromatic nitrogens is 2. The van der Waals surface area contributed by atoms with Crippen LogP contribution in [-0.2, 0) is 14.6 Å². The fourth-order valence-electron chi connectivity index (χ4n) is 2.11. The molecule has 2 rings (SSSR count). The van der Waals surface area contributed by atoms with Gasteiger partial charge >= 0.3 is 0 Å². The summed E-state index contributed by atoms with van der Waals surface area (Å²) in [5.74, 6) is 0.587. The van der Waals surface area contributed by atoms with E-state index < -0.39 is 9.84 Å². The SMILES string of the molecule is C=Cc1cc(N2CCN(C(C)=O)CC2)nc(S(C)(=O)=O)n1. The maximum Gasteiger partial charge on any atom is 0.249 e. The van der Waals surface area contributed by atoms with Crippen LogP contribution >= 0.6 is 0 Å². The number of amides is 1. The zero-order valence-corrected chi connectivity index (χ0v) is 12.9. The van der Waals surface area contributed by atoms with E-state index in [0.29, 0.717) is 37.7 Å². The van der Waals surface area contributed by atoms with E-state index in [4.69, 9.17) is 0 Å². The van der Waals surface area contributed by atoms with E-state index in [1.54, 1.807) is 11.0 Å². The summed E-state index contributed by atoms with van der Waals surface area (Å²) in [6.07, 6.45) is 2.57. The van der Waals surface area contributed by atoms with Gasteiger partial charge in [-0.15, -0.1) is 0 Å². The Morgan fingerprint density at radius 3 is 2.38 bits per heavy atom. The van der Waals surface area contributed by atoms with Crippen molar-refractivity contribution in [2.45, 2.75) is 12.1 Å². The number of carbonyl (C=O) groups is 1. The van der Waals surface area contributed by atoms with Gasteiger partial charge in [-0.2, -0.15) is 0 Å². The van der Waals surface area contributed by atoms with Gasteiger partial charge < -0.3 is 9.80 Å². The second-order valence-corrected chi connectivity index (χ2v) is 6.81. The Hall–Kier alpha value is -1.96. The smallest absolute Gasteiger partial charge is 0.249 e. The lowest BCUT2D eigenvalue weighted by Crippen LogP contribution is -2.48. The molecule has 0 N–H and O–H groups in total. The molecular formula is C13H18N4O3S. The number of anilines is 1. The zero-order chi connectivity index (χ0) is 15.6. The number of hydrogen-bond donors (Lipinski definition) is 0. The van der Waals surface area contributed by atoms with Crippen molar-refractivity contribution < 1.29 is 13.2 Å². The van der Waals surface area contributed by atoms with E-state index in [0.717, 1.165) is 6.26 Å². The number of piperazine rings is 1. The Balaban J connectivity index is 2.28. The van der Waals surface area contributed by atoms with E-state index in [2.05, 4.69) is 16.5 Å². The van der Waals surface area contributed by atoms with Crippen LogP contribution < -0.4 is 4.90 Å². The summed E-state index contributed by atoms with van der Waals surface area (Å²) in [7, 11) is -3.48. The number of hydrogen-bond acceptors (Lipinski definition) is 6. The van der Waals surface area contributed by atoms with Crippen molar-refractivity contribution >= 4 is 27.6 Å². The Labute approximate surface area is 124 Å². The lowest BCUT2D eigenvalue weighted by molar-refractivity contribution is -0.129. The van der Waals surface area contributed by atoms with Crippen LogP contribution in [0.5, 0.6) is 0 Å². The van der Waals surface area contributed by atoms with Crippen LogP contribution in [0.25, 0.3) is 6.08 Å². The van der Waals surface area contributed by atoms with Crippen molar-refractivity contribution in [2.75, 3.05) is 37.3 Å². The van der Waals surface area contributed by atoms with Gasteiger partial charge in [-0.1, -0.05) is 6.58 Å². The molecule has 114 valence electrons. The van der Waals surface area contributed by atoms with Crippen LogP contribution in [0, 0.1) is 0 Å². The highest BCUT2D eigenvalue weighted by Crippen LogP contribution is 2.18. The minimum atomic E-state index is -3.48. The first kappa shape index (κ1) is 15.4. The second-order valence-electron chi connectivity index (χ2n) is 4.90. The Morgan fingerprint density at radius 2 is 1.90 bits per heavy atom. The van der Waals surface area contributed by atoms with Crippen LogP contribution in [0.2, 0.25) is 0 Å². The van der Waals surface area contributed by atoms with Crippen LogP contribution in [0.4, 0.5) is 5.82 Å². The topological polar surface area (TPSA) is 83.5 Å². The first-order chi connectivity index (χ1) is 9.81. The van der Waals surface area contributed by atoms with E-state index in [1.165, 1.54) is 13.0 Å². The maximum atomic E-state index is 11.6. The van der Waals surface area contributed by atoms with E-state index in [-0.39, 0.29) is 11.1 Å². The highest BCUT2D eigenvalue weighted by atomic mass is 32.2. The number of sulfone groups is 1. The van der Waals surface area contributed by atoms with Gasteiger partial charge in [0.15, 0.2) is 0 Å². The molecule has 0 unspecified atom stereocenters. The van der Waals surface area contributed by atoms with Gasteiger partial charge in [0.1, 0.15) is 5.82 Å². The van der Waals surface area contributed by atoms with Crippen molar-refractivity contribution in [3.63, 3.8) is 0 Å².